The predicted octanol–water partition coefficient (Wildman–Crippen LogP) is 3.90. The minimum atomic E-state index is -3.26. The van der Waals surface area contributed by atoms with Crippen LogP contribution in [0.5, 0.6) is 0 Å². The van der Waals surface area contributed by atoms with Crippen LogP contribution in [0.4, 0.5) is 0 Å². The molecule has 4 rings (SSSR count). The van der Waals surface area contributed by atoms with Gasteiger partial charge in [0.2, 0.25) is 7.29 Å². The highest BCUT2D eigenvalue weighted by atomic mass is 31.2. The molecule has 0 amide bonds. The molecule has 1 aliphatic heterocycles. The molecule has 146 valence electrons. The van der Waals surface area contributed by atoms with Crippen LogP contribution in [0.25, 0.3) is 0 Å². The van der Waals surface area contributed by atoms with E-state index in [9.17, 15) is 9.36 Å². The van der Waals surface area contributed by atoms with Crippen LogP contribution in [0.2, 0.25) is 0 Å². The van der Waals surface area contributed by atoms with Crippen LogP contribution in [0, 0.1) is 0 Å². The summed E-state index contributed by atoms with van der Waals surface area (Å²) in [5.41, 5.74) is -0.0121. The molecule has 0 radical (unpaired) electrons. The van der Waals surface area contributed by atoms with E-state index in [0.29, 0.717) is 10.6 Å². The normalized spacial score (nSPS) is 18.2. The summed E-state index contributed by atoms with van der Waals surface area (Å²) < 4.78 is 20.1. The first-order valence-corrected chi connectivity index (χ1v) is 11.2. The zero-order valence-electron chi connectivity index (χ0n) is 16.1. The van der Waals surface area contributed by atoms with Crippen LogP contribution in [-0.2, 0) is 19.6 Å². The van der Waals surface area contributed by atoms with Crippen molar-refractivity contribution < 1.29 is 14.1 Å². The first-order valence-electron chi connectivity index (χ1n) is 9.47. The predicted molar refractivity (Wildman–Crippen MR) is 116 cm³/mol. The minimum Gasteiger partial charge on any atom is -0.453 e. The van der Waals surface area contributed by atoms with Gasteiger partial charge >= 0.3 is 5.97 Å². The summed E-state index contributed by atoms with van der Waals surface area (Å²) >= 11 is 0. The van der Waals surface area contributed by atoms with E-state index in [1.807, 2.05) is 97.9 Å². The molecule has 0 saturated carbocycles. The molecule has 29 heavy (non-hydrogen) atoms. The SMILES string of the molecule is C[C@@](NP(=O)(c1ccccc1)c1ccccc1)(c1ccccc1)C1C=CC(=O)O1. The van der Waals surface area contributed by atoms with Crippen LogP contribution in [-0.4, -0.2) is 12.1 Å². The number of hydrogen-bond donors (Lipinski definition) is 1. The van der Waals surface area contributed by atoms with Crippen molar-refractivity contribution in [3.05, 3.63) is 109 Å². The molecular weight excluding hydrogens is 381 g/mol. The molecule has 1 heterocycles. The van der Waals surface area contributed by atoms with E-state index in [1.165, 1.54) is 6.08 Å². The lowest BCUT2D eigenvalue weighted by Crippen LogP contribution is -2.50. The van der Waals surface area contributed by atoms with Gasteiger partial charge in [0.05, 0.1) is 5.54 Å². The number of cyclic esters (lactones) is 1. The summed E-state index contributed by atoms with van der Waals surface area (Å²) in [6.07, 6.45) is 2.56. The molecule has 1 N–H and O–H groups in total. The fraction of sp³-hybridized carbons (Fsp3) is 0.125. The lowest BCUT2D eigenvalue weighted by Gasteiger charge is -2.39. The van der Waals surface area contributed by atoms with Gasteiger partial charge in [-0.15, -0.1) is 0 Å². The Morgan fingerprint density at radius 1 is 0.828 bits per heavy atom. The van der Waals surface area contributed by atoms with Crippen LogP contribution in [0.3, 0.4) is 0 Å². The van der Waals surface area contributed by atoms with Gasteiger partial charge in [-0.25, -0.2) is 9.88 Å². The van der Waals surface area contributed by atoms with E-state index >= 15 is 0 Å². The maximum Gasteiger partial charge on any atom is 0.331 e. The van der Waals surface area contributed by atoms with Crippen molar-refractivity contribution in [1.82, 2.24) is 5.09 Å². The number of nitrogens with one attached hydrogen (secondary N) is 1. The first kappa shape index (κ1) is 19.4. The Labute approximate surface area is 170 Å². The van der Waals surface area contributed by atoms with Gasteiger partial charge in [0, 0.05) is 16.7 Å². The summed E-state index contributed by atoms with van der Waals surface area (Å²) in [5.74, 6) is -0.395. The largest absolute Gasteiger partial charge is 0.453 e. The van der Waals surface area contributed by atoms with Crippen LogP contribution in [0.1, 0.15) is 12.5 Å². The van der Waals surface area contributed by atoms with E-state index < -0.39 is 24.9 Å². The highest BCUT2D eigenvalue weighted by Crippen LogP contribution is 2.45. The maximum absolute atomic E-state index is 14.6. The highest BCUT2D eigenvalue weighted by molar-refractivity contribution is 7.77. The molecule has 0 spiro atoms. The molecule has 1 unspecified atom stereocenters. The third-order valence-corrected chi connectivity index (χ3v) is 8.05. The Morgan fingerprint density at radius 3 is 1.76 bits per heavy atom. The molecular formula is C24H22NO3P. The molecule has 3 aromatic carbocycles. The molecule has 5 heteroatoms. The topological polar surface area (TPSA) is 55.4 Å². The average molecular weight is 403 g/mol. The Bertz CT molecular complexity index is 1020. The third kappa shape index (κ3) is 3.69. The zero-order valence-corrected chi connectivity index (χ0v) is 17.0. The number of carbonyl (C=O) groups excluding carboxylic acids is 1. The van der Waals surface area contributed by atoms with E-state index in [2.05, 4.69) is 5.09 Å². The monoisotopic (exact) mass is 403 g/mol. The van der Waals surface area contributed by atoms with E-state index in [-0.39, 0.29) is 0 Å². The van der Waals surface area contributed by atoms with Gasteiger partial charge in [-0.1, -0.05) is 66.7 Å². The van der Waals surface area contributed by atoms with Crippen molar-refractivity contribution in [3.63, 3.8) is 0 Å². The quantitative estimate of drug-likeness (QED) is 0.501. The van der Waals surface area contributed by atoms with Gasteiger partial charge in [-0.3, -0.25) is 4.57 Å². The fourth-order valence-corrected chi connectivity index (χ4v) is 6.29. The molecule has 0 fully saturated rings. The summed E-state index contributed by atoms with van der Waals surface area (Å²) in [6, 6.07) is 28.4. The number of ether oxygens (including phenoxy) is 1. The zero-order chi connectivity index (χ0) is 20.3. The summed E-state index contributed by atoms with van der Waals surface area (Å²) in [5, 5.41) is 4.84. The van der Waals surface area contributed by atoms with Crippen molar-refractivity contribution in [2.45, 2.75) is 18.6 Å². The number of rotatable bonds is 6. The lowest BCUT2D eigenvalue weighted by molar-refractivity contribution is -0.141. The summed E-state index contributed by atoms with van der Waals surface area (Å²) in [6.45, 7) is 1.93. The smallest absolute Gasteiger partial charge is 0.331 e. The second-order valence-corrected chi connectivity index (χ2v) is 9.65. The molecule has 0 saturated heterocycles. The van der Waals surface area contributed by atoms with Crippen molar-refractivity contribution in [1.29, 1.82) is 0 Å². The van der Waals surface area contributed by atoms with Gasteiger partial charge in [-0.05, 0) is 42.8 Å². The van der Waals surface area contributed by atoms with Gasteiger partial charge in [0.15, 0.2) is 0 Å². The average Bonchev–Trinajstić information content (AvgIpc) is 3.22. The molecule has 4 nitrogen and oxygen atoms in total. The van der Waals surface area contributed by atoms with E-state index in [4.69, 9.17) is 4.74 Å². The highest BCUT2D eigenvalue weighted by Gasteiger charge is 2.45. The number of carbonyl (C=O) groups is 1. The number of esters is 1. The second-order valence-electron chi connectivity index (χ2n) is 7.18. The van der Waals surface area contributed by atoms with Crippen molar-refractivity contribution in [3.8, 4) is 0 Å². The van der Waals surface area contributed by atoms with Gasteiger partial charge < -0.3 is 4.74 Å². The fourth-order valence-electron chi connectivity index (χ4n) is 3.64. The Hall–Kier alpha value is -2.94. The van der Waals surface area contributed by atoms with Crippen molar-refractivity contribution in [2.75, 3.05) is 0 Å². The Kier molecular flexibility index (Phi) is 5.23. The number of benzene rings is 3. The lowest BCUT2D eigenvalue weighted by atomic mass is 9.87. The standard InChI is InChI=1S/C24H22NO3P/c1-24(19-11-5-2-6-12-19,22-17-18-23(26)28-22)25-29(27,20-13-7-3-8-14-20)21-15-9-4-10-16-21/h2-18,22H,1H3,(H,25,27)/t22?,24-/m1/s1. The van der Waals surface area contributed by atoms with Crippen molar-refractivity contribution >= 4 is 23.9 Å². The van der Waals surface area contributed by atoms with Crippen LogP contribution >= 0.6 is 7.29 Å². The molecule has 0 aromatic heterocycles. The Balaban J connectivity index is 1.87. The maximum atomic E-state index is 14.6. The van der Waals surface area contributed by atoms with Crippen LogP contribution in [0.15, 0.2) is 103 Å². The molecule has 1 aliphatic rings. The molecule has 0 aliphatic carbocycles. The van der Waals surface area contributed by atoms with E-state index in [1.54, 1.807) is 6.08 Å². The summed E-state index contributed by atoms with van der Waals surface area (Å²) in [7, 11) is -3.26. The molecule has 3 aromatic rings. The molecule has 2 atom stereocenters. The van der Waals surface area contributed by atoms with Gasteiger partial charge in [-0.2, -0.15) is 0 Å². The van der Waals surface area contributed by atoms with Crippen molar-refractivity contribution in [2.24, 2.45) is 0 Å². The van der Waals surface area contributed by atoms with Gasteiger partial charge in [0.1, 0.15) is 6.10 Å². The second kappa shape index (κ2) is 7.82. The minimum absolute atomic E-state index is 0.395. The first-order chi connectivity index (χ1) is 14.0. The summed E-state index contributed by atoms with van der Waals surface area (Å²) in [4.78, 5) is 11.8. The number of hydrogen-bond acceptors (Lipinski definition) is 3. The van der Waals surface area contributed by atoms with Gasteiger partial charge in [0.25, 0.3) is 0 Å². The molecule has 0 bridgehead atoms. The van der Waals surface area contributed by atoms with Crippen LogP contribution < -0.4 is 15.7 Å². The van der Waals surface area contributed by atoms with E-state index in [0.717, 1.165) is 5.56 Å². The Morgan fingerprint density at radius 2 is 1.31 bits per heavy atom. The third-order valence-electron chi connectivity index (χ3n) is 5.22.